The lowest BCUT2D eigenvalue weighted by atomic mass is 10.0. The van der Waals surface area contributed by atoms with E-state index >= 15 is 0 Å². The fourth-order valence-corrected chi connectivity index (χ4v) is 5.25. The molecule has 2 amide bonds. The quantitative estimate of drug-likeness (QED) is 0.360. The average molecular weight is 465 g/mol. The van der Waals surface area contributed by atoms with Crippen LogP contribution in [0.25, 0.3) is 0 Å². The van der Waals surface area contributed by atoms with Gasteiger partial charge in [0.25, 0.3) is 11.8 Å². The highest BCUT2D eigenvalue weighted by molar-refractivity contribution is 7.99. The van der Waals surface area contributed by atoms with Crippen LogP contribution in [0.5, 0.6) is 0 Å². The van der Waals surface area contributed by atoms with E-state index in [1.165, 1.54) is 0 Å². The van der Waals surface area contributed by atoms with Crippen LogP contribution in [0.3, 0.4) is 0 Å². The molecule has 34 heavy (non-hydrogen) atoms. The van der Waals surface area contributed by atoms with E-state index in [-0.39, 0.29) is 11.8 Å². The fourth-order valence-electron chi connectivity index (χ4n) is 4.17. The molecule has 0 saturated carbocycles. The molecule has 0 spiro atoms. The number of aryl methyl sites for hydroxylation is 2. The molecule has 5 rings (SSSR count). The number of carbonyl (C=O) groups excluding carboxylic acids is 2. The number of nitrogens with one attached hydrogen (secondary N) is 1. The van der Waals surface area contributed by atoms with Gasteiger partial charge in [-0.1, -0.05) is 59.8 Å². The molecule has 1 N–H and O–H groups in total. The van der Waals surface area contributed by atoms with Gasteiger partial charge in [-0.05, 0) is 73.5 Å². The molecule has 0 aliphatic carbocycles. The monoisotopic (exact) mass is 464 g/mol. The Balaban J connectivity index is 1.39. The summed E-state index contributed by atoms with van der Waals surface area (Å²) in [6.07, 6.45) is 0. The molecule has 0 bridgehead atoms. The van der Waals surface area contributed by atoms with Crippen molar-refractivity contribution in [3.05, 3.63) is 119 Å². The van der Waals surface area contributed by atoms with Gasteiger partial charge in [-0.15, -0.1) is 0 Å². The summed E-state index contributed by atoms with van der Waals surface area (Å²) in [5.41, 5.74) is 5.94. The van der Waals surface area contributed by atoms with Crippen molar-refractivity contribution in [1.82, 2.24) is 0 Å². The summed E-state index contributed by atoms with van der Waals surface area (Å²) in [7, 11) is 0. The number of fused-ring (bicyclic) bond motifs is 2. The van der Waals surface area contributed by atoms with E-state index in [0.29, 0.717) is 23.4 Å². The zero-order valence-corrected chi connectivity index (χ0v) is 19.9. The Morgan fingerprint density at radius 1 is 0.824 bits per heavy atom. The molecule has 1 aliphatic heterocycles. The Morgan fingerprint density at radius 2 is 1.53 bits per heavy atom. The summed E-state index contributed by atoms with van der Waals surface area (Å²) >= 11 is 1.69. The smallest absolute Gasteiger partial charge is 0.258 e. The molecule has 4 nitrogen and oxygen atoms in total. The summed E-state index contributed by atoms with van der Waals surface area (Å²) in [6.45, 7) is 4.44. The number of amides is 2. The van der Waals surface area contributed by atoms with Gasteiger partial charge in [0.15, 0.2) is 0 Å². The minimum absolute atomic E-state index is 0.0722. The molecule has 4 aromatic rings. The van der Waals surface area contributed by atoms with Gasteiger partial charge in [0.2, 0.25) is 0 Å². The average Bonchev–Trinajstić information content (AvgIpc) is 3.01. The van der Waals surface area contributed by atoms with Crippen LogP contribution in [0.4, 0.5) is 11.4 Å². The SMILES string of the molecule is Cc1ccc(C(=O)Nc2ccc(C(=O)N3Cc4ccccc4Sc4ccccc43)cc2)c(C)c1. The van der Waals surface area contributed by atoms with Gasteiger partial charge in [0, 0.05) is 26.6 Å². The van der Waals surface area contributed by atoms with E-state index < -0.39 is 0 Å². The second-order valence-electron chi connectivity index (χ2n) is 8.42. The van der Waals surface area contributed by atoms with Crippen molar-refractivity contribution in [2.45, 2.75) is 30.2 Å². The second kappa shape index (κ2) is 9.20. The summed E-state index contributed by atoms with van der Waals surface area (Å²) in [5, 5.41) is 2.94. The number of para-hydroxylation sites is 1. The maximum atomic E-state index is 13.6. The van der Waals surface area contributed by atoms with Gasteiger partial charge in [0.05, 0.1) is 12.2 Å². The van der Waals surface area contributed by atoms with Crippen LogP contribution in [-0.4, -0.2) is 11.8 Å². The zero-order chi connectivity index (χ0) is 23.7. The molecule has 4 aromatic carbocycles. The Bertz CT molecular complexity index is 1400. The number of carbonyl (C=O) groups is 2. The van der Waals surface area contributed by atoms with Crippen molar-refractivity contribution >= 4 is 35.0 Å². The first-order valence-electron chi connectivity index (χ1n) is 11.1. The Labute approximate surface area is 203 Å². The highest BCUT2D eigenvalue weighted by atomic mass is 32.2. The summed E-state index contributed by atoms with van der Waals surface area (Å²) in [6, 6.07) is 29.0. The zero-order valence-electron chi connectivity index (χ0n) is 19.0. The van der Waals surface area contributed by atoms with Gasteiger partial charge in [0.1, 0.15) is 0 Å². The first-order chi connectivity index (χ1) is 16.5. The largest absolute Gasteiger partial charge is 0.322 e. The van der Waals surface area contributed by atoms with Gasteiger partial charge in [-0.3, -0.25) is 9.59 Å². The number of hydrogen-bond acceptors (Lipinski definition) is 3. The van der Waals surface area contributed by atoms with Crippen LogP contribution in [0, 0.1) is 13.8 Å². The van der Waals surface area contributed by atoms with Gasteiger partial charge >= 0.3 is 0 Å². The molecular formula is C29H24N2O2S. The van der Waals surface area contributed by atoms with Gasteiger partial charge in [-0.2, -0.15) is 0 Å². The minimum atomic E-state index is -0.161. The van der Waals surface area contributed by atoms with E-state index in [1.54, 1.807) is 36.0 Å². The summed E-state index contributed by atoms with van der Waals surface area (Å²) in [5.74, 6) is -0.233. The number of hydrogen-bond donors (Lipinski definition) is 1. The first-order valence-corrected chi connectivity index (χ1v) is 12.0. The van der Waals surface area contributed by atoms with Crippen molar-refractivity contribution in [2.75, 3.05) is 10.2 Å². The lowest BCUT2D eigenvalue weighted by Gasteiger charge is -2.23. The van der Waals surface area contributed by atoms with Crippen LogP contribution >= 0.6 is 11.8 Å². The van der Waals surface area contributed by atoms with Crippen LogP contribution in [0.15, 0.2) is 101 Å². The minimum Gasteiger partial charge on any atom is -0.322 e. The Morgan fingerprint density at radius 3 is 2.29 bits per heavy atom. The van der Waals surface area contributed by atoms with Crippen molar-refractivity contribution in [1.29, 1.82) is 0 Å². The third-order valence-electron chi connectivity index (χ3n) is 5.94. The van der Waals surface area contributed by atoms with Crippen LogP contribution in [0.2, 0.25) is 0 Å². The molecule has 0 unspecified atom stereocenters. The van der Waals surface area contributed by atoms with E-state index in [1.807, 2.05) is 73.3 Å². The Hall–Kier alpha value is -3.83. The standard InChI is InChI=1S/C29H24N2O2S/c1-19-11-16-24(20(2)17-19)28(32)30-23-14-12-21(13-15-23)29(33)31-18-22-7-3-5-9-26(22)34-27-10-6-4-8-25(27)31/h3-17H,18H2,1-2H3,(H,30,32). The number of rotatable bonds is 3. The molecule has 168 valence electrons. The van der Waals surface area contributed by atoms with Crippen LogP contribution in [0.1, 0.15) is 37.4 Å². The molecule has 5 heteroatoms. The molecule has 0 saturated heterocycles. The maximum absolute atomic E-state index is 13.6. The summed E-state index contributed by atoms with van der Waals surface area (Å²) < 4.78 is 0. The van der Waals surface area contributed by atoms with Crippen LogP contribution < -0.4 is 10.2 Å². The number of benzene rings is 4. The fraction of sp³-hybridized carbons (Fsp3) is 0.103. The molecule has 0 fully saturated rings. The van der Waals surface area contributed by atoms with Crippen molar-refractivity contribution < 1.29 is 9.59 Å². The van der Waals surface area contributed by atoms with E-state index in [0.717, 1.165) is 32.2 Å². The molecule has 1 aliphatic rings. The molecule has 0 radical (unpaired) electrons. The molecular weight excluding hydrogens is 440 g/mol. The third-order valence-corrected chi connectivity index (χ3v) is 7.12. The van der Waals surface area contributed by atoms with Gasteiger partial charge < -0.3 is 10.2 Å². The highest BCUT2D eigenvalue weighted by Gasteiger charge is 2.25. The number of nitrogens with zero attached hydrogens (tertiary/aromatic N) is 1. The normalized spacial score (nSPS) is 12.4. The number of anilines is 2. The highest BCUT2D eigenvalue weighted by Crippen LogP contribution is 2.41. The third kappa shape index (κ3) is 4.35. The van der Waals surface area contributed by atoms with Gasteiger partial charge in [-0.25, -0.2) is 0 Å². The lowest BCUT2D eigenvalue weighted by Crippen LogP contribution is -2.30. The van der Waals surface area contributed by atoms with E-state index in [2.05, 4.69) is 17.4 Å². The predicted octanol–water partition coefficient (Wildman–Crippen LogP) is 6.87. The molecule has 1 heterocycles. The van der Waals surface area contributed by atoms with Crippen molar-refractivity contribution in [2.24, 2.45) is 0 Å². The topological polar surface area (TPSA) is 49.4 Å². The predicted molar refractivity (Wildman–Crippen MR) is 138 cm³/mol. The first kappa shape index (κ1) is 22.0. The lowest BCUT2D eigenvalue weighted by molar-refractivity contribution is 0.0983. The second-order valence-corrected chi connectivity index (χ2v) is 9.50. The molecule has 0 atom stereocenters. The Kier molecular flexibility index (Phi) is 5.95. The van der Waals surface area contributed by atoms with E-state index in [9.17, 15) is 9.59 Å². The van der Waals surface area contributed by atoms with Crippen molar-refractivity contribution in [3.63, 3.8) is 0 Å². The maximum Gasteiger partial charge on any atom is 0.258 e. The summed E-state index contributed by atoms with van der Waals surface area (Å²) in [4.78, 5) is 30.3. The van der Waals surface area contributed by atoms with E-state index in [4.69, 9.17) is 0 Å². The van der Waals surface area contributed by atoms with Crippen LogP contribution in [-0.2, 0) is 6.54 Å². The van der Waals surface area contributed by atoms with Crippen molar-refractivity contribution in [3.8, 4) is 0 Å². The molecule has 0 aromatic heterocycles.